The van der Waals surface area contributed by atoms with Crippen LogP contribution in [0.5, 0.6) is 0 Å². The average Bonchev–Trinajstić information content (AvgIpc) is 3.25. The molecule has 2 N–H and O–H groups in total. The van der Waals surface area contributed by atoms with Crippen molar-refractivity contribution in [3.05, 3.63) is 41.5 Å². The second kappa shape index (κ2) is 10.3. The topological polar surface area (TPSA) is 106 Å². The van der Waals surface area contributed by atoms with Crippen LogP contribution in [0.2, 0.25) is 0 Å². The molecule has 0 bridgehead atoms. The standard InChI is InChI=1S/C24H32N4O4/c1-15-3-5-18(6-4-15)22(27-23(29)20-14-32-28-16(20)2)24(30)26-19-7-8-21(25-13-19)17-9-11-31-12-10-17/h7-8,13-15,17-18,22H,3-6,9-12H2,1-2H3,(H,26,30)(H,27,29)/t15-,18-,22-/m0/s1. The van der Waals surface area contributed by atoms with Gasteiger partial charge in [0.25, 0.3) is 5.91 Å². The van der Waals surface area contributed by atoms with Gasteiger partial charge < -0.3 is 19.9 Å². The molecule has 4 rings (SSSR count). The Balaban J connectivity index is 1.45. The SMILES string of the molecule is Cc1nocc1C(=O)N[C@H](C(=O)Nc1ccc(C2CCOCC2)nc1)[C@H]1CC[C@H](C)CC1. The number of rotatable bonds is 6. The number of carbonyl (C=O) groups excluding carboxylic acids is 2. The third kappa shape index (κ3) is 5.35. The smallest absolute Gasteiger partial charge is 0.257 e. The molecule has 0 spiro atoms. The number of carbonyl (C=O) groups is 2. The first-order valence-electron chi connectivity index (χ1n) is 11.6. The monoisotopic (exact) mass is 440 g/mol. The van der Waals surface area contributed by atoms with Crippen LogP contribution in [-0.4, -0.2) is 41.2 Å². The van der Waals surface area contributed by atoms with Gasteiger partial charge in [0.15, 0.2) is 0 Å². The van der Waals surface area contributed by atoms with Gasteiger partial charge in [-0.15, -0.1) is 0 Å². The fraction of sp³-hybridized carbons (Fsp3) is 0.583. The number of aromatic nitrogens is 2. The molecule has 0 radical (unpaired) electrons. The number of nitrogens with one attached hydrogen (secondary N) is 2. The maximum Gasteiger partial charge on any atom is 0.257 e. The van der Waals surface area contributed by atoms with E-state index in [2.05, 4.69) is 27.7 Å². The molecule has 2 aromatic rings. The summed E-state index contributed by atoms with van der Waals surface area (Å²) in [5.74, 6) is 0.581. The van der Waals surface area contributed by atoms with Gasteiger partial charge in [0.05, 0.1) is 17.6 Å². The molecule has 0 unspecified atom stereocenters. The van der Waals surface area contributed by atoms with Gasteiger partial charge in [-0.1, -0.05) is 24.9 Å². The minimum Gasteiger partial charge on any atom is -0.381 e. The van der Waals surface area contributed by atoms with E-state index in [4.69, 9.17) is 9.26 Å². The summed E-state index contributed by atoms with van der Waals surface area (Å²) < 4.78 is 10.3. The maximum absolute atomic E-state index is 13.3. The van der Waals surface area contributed by atoms with Crippen molar-refractivity contribution in [2.45, 2.75) is 64.3 Å². The Morgan fingerprint density at radius 2 is 1.84 bits per heavy atom. The molecular weight excluding hydrogens is 408 g/mol. The fourth-order valence-corrected chi connectivity index (χ4v) is 4.68. The summed E-state index contributed by atoms with van der Waals surface area (Å²) in [6.45, 7) is 5.47. The Bertz CT molecular complexity index is 912. The molecule has 172 valence electrons. The van der Waals surface area contributed by atoms with Gasteiger partial charge in [0.1, 0.15) is 17.9 Å². The molecule has 2 amide bonds. The summed E-state index contributed by atoms with van der Waals surface area (Å²) in [5.41, 5.74) is 2.53. The lowest BCUT2D eigenvalue weighted by Crippen LogP contribution is -2.49. The van der Waals surface area contributed by atoms with E-state index in [0.717, 1.165) is 57.4 Å². The van der Waals surface area contributed by atoms with E-state index < -0.39 is 6.04 Å². The van der Waals surface area contributed by atoms with E-state index in [1.165, 1.54) is 6.26 Å². The Morgan fingerprint density at radius 3 is 2.47 bits per heavy atom. The summed E-state index contributed by atoms with van der Waals surface area (Å²) in [7, 11) is 0. The van der Waals surface area contributed by atoms with Crippen LogP contribution >= 0.6 is 0 Å². The van der Waals surface area contributed by atoms with Crippen LogP contribution < -0.4 is 10.6 Å². The minimum atomic E-state index is -0.625. The molecule has 1 saturated carbocycles. The van der Waals surface area contributed by atoms with Gasteiger partial charge in [-0.25, -0.2) is 0 Å². The Morgan fingerprint density at radius 1 is 1.09 bits per heavy atom. The van der Waals surface area contributed by atoms with Crippen LogP contribution in [0.4, 0.5) is 5.69 Å². The van der Waals surface area contributed by atoms with Crippen LogP contribution in [0.1, 0.15) is 73.1 Å². The maximum atomic E-state index is 13.3. The zero-order valence-corrected chi connectivity index (χ0v) is 18.8. The van der Waals surface area contributed by atoms with E-state index in [9.17, 15) is 9.59 Å². The largest absolute Gasteiger partial charge is 0.381 e. The highest BCUT2D eigenvalue weighted by Gasteiger charge is 2.33. The van der Waals surface area contributed by atoms with Gasteiger partial charge in [-0.3, -0.25) is 14.6 Å². The van der Waals surface area contributed by atoms with Crippen molar-refractivity contribution in [3.8, 4) is 0 Å². The predicted octanol–water partition coefficient (Wildman–Crippen LogP) is 3.84. The number of ether oxygens (including phenoxy) is 1. The lowest BCUT2D eigenvalue weighted by Gasteiger charge is -2.32. The molecular formula is C24H32N4O4. The fourth-order valence-electron chi connectivity index (χ4n) is 4.68. The molecule has 8 heteroatoms. The van der Waals surface area contributed by atoms with E-state index in [1.807, 2.05) is 12.1 Å². The molecule has 1 aliphatic heterocycles. The van der Waals surface area contributed by atoms with Gasteiger partial charge in [0.2, 0.25) is 5.91 Å². The molecule has 2 fully saturated rings. The van der Waals surface area contributed by atoms with Crippen LogP contribution in [0.15, 0.2) is 29.1 Å². The summed E-state index contributed by atoms with van der Waals surface area (Å²) in [6.07, 6.45) is 8.88. The number of hydrogen-bond donors (Lipinski definition) is 2. The third-order valence-corrected chi connectivity index (χ3v) is 6.79. The Kier molecular flexibility index (Phi) is 7.19. The third-order valence-electron chi connectivity index (χ3n) is 6.79. The van der Waals surface area contributed by atoms with Crippen molar-refractivity contribution in [1.29, 1.82) is 0 Å². The van der Waals surface area contributed by atoms with Gasteiger partial charge in [-0.05, 0) is 56.6 Å². The predicted molar refractivity (Wildman–Crippen MR) is 119 cm³/mol. The zero-order valence-electron chi connectivity index (χ0n) is 18.8. The van der Waals surface area contributed by atoms with Crippen molar-refractivity contribution in [2.24, 2.45) is 11.8 Å². The van der Waals surface area contributed by atoms with E-state index in [1.54, 1.807) is 13.1 Å². The molecule has 32 heavy (non-hydrogen) atoms. The van der Waals surface area contributed by atoms with Gasteiger partial charge in [-0.2, -0.15) is 0 Å². The molecule has 2 aliphatic rings. The summed E-state index contributed by atoms with van der Waals surface area (Å²) in [4.78, 5) is 30.6. The normalized spacial score (nSPS) is 22.8. The Hall–Kier alpha value is -2.74. The molecule has 1 aliphatic carbocycles. The number of pyridine rings is 1. The Labute approximate surface area is 188 Å². The summed E-state index contributed by atoms with van der Waals surface area (Å²) >= 11 is 0. The van der Waals surface area contributed by atoms with Crippen molar-refractivity contribution >= 4 is 17.5 Å². The summed E-state index contributed by atoms with van der Waals surface area (Å²) in [5, 5.41) is 9.68. The van der Waals surface area contributed by atoms with Crippen molar-refractivity contribution < 1.29 is 18.8 Å². The average molecular weight is 441 g/mol. The quantitative estimate of drug-likeness (QED) is 0.707. The van der Waals surface area contributed by atoms with Crippen LogP contribution in [0.25, 0.3) is 0 Å². The molecule has 3 heterocycles. The van der Waals surface area contributed by atoms with Gasteiger partial charge in [0, 0.05) is 24.8 Å². The highest BCUT2D eigenvalue weighted by Crippen LogP contribution is 2.31. The summed E-state index contributed by atoms with van der Waals surface area (Å²) in [6, 6.07) is 3.24. The zero-order chi connectivity index (χ0) is 22.5. The first-order chi connectivity index (χ1) is 15.5. The molecule has 1 atom stereocenters. The number of anilines is 1. The minimum absolute atomic E-state index is 0.0878. The first kappa shape index (κ1) is 22.5. The van der Waals surface area contributed by atoms with Crippen LogP contribution in [-0.2, 0) is 9.53 Å². The van der Waals surface area contributed by atoms with E-state index in [0.29, 0.717) is 28.8 Å². The van der Waals surface area contributed by atoms with E-state index in [-0.39, 0.29) is 17.7 Å². The first-order valence-corrected chi connectivity index (χ1v) is 11.6. The van der Waals surface area contributed by atoms with Crippen molar-refractivity contribution in [1.82, 2.24) is 15.5 Å². The van der Waals surface area contributed by atoms with Gasteiger partial charge >= 0.3 is 0 Å². The number of amides is 2. The number of aryl methyl sites for hydroxylation is 1. The molecule has 2 aromatic heterocycles. The number of hydrogen-bond acceptors (Lipinski definition) is 6. The number of nitrogens with zero attached hydrogens (tertiary/aromatic N) is 2. The van der Waals surface area contributed by atoms with Crippen LogP contribution in [0.3, 0.4) is 0 Å². The van der Waals surface area contributed by atoms with Crippen molar-refractivity contribution in [2.75, 3.05) is 18.5 Å². The highest BCUT2D eigenvalue weighted by molar-refractivity contribution is 6.01. The van der Waals surface area contributed by atoms with Crippen molar-refractivity contribution in [3.63, 3.8) is 0 Å². The molecule has 1 saturated heterocycles. The van der Waals surface area contributed by atoms with Crippen LogP contribution in [0, 0.1) is 18.8 Å². The van der Waals surface area contributed by atoms with E-state index >= 15 is 0 Å². The lowest BCUT2D eigenvalue weighted by atomic mass is 9.79. The second-order valence-electron chi connectivity index (χ2n) is 9.13. The molecule has 8 nitrogen and oxygen atoms in total. The lowest BCUT2D eigenvalue weighted by molar-refractivity contribution is -0.119. The highest BCUT2D eigenvalue weighted by atomic mass is 16.5. The molecule has 0 aromatic carbocycles. The second-order valence-corrected chi connectivity index (χ2v) is 9.13.